The molecule has 0 aliphatic carbocycles. The first-order valence-corrected chi connectivity index (χ1v) is 6.35. The highest BCUT2D eigenvalue weighted by Crippen LogP contribution is 2.24. The third-order valence-electron chi connectivity index (χ3n) is 3.55. The Labute approximate surface area is 107 Å². The standard InChI is InChI=1S/C13H20N4O/c1-9-4-6-17(10(2)7-9)13(18)11-3-5-15-12(8-11)16-14/h3,5,8-10H,4,6-7,14H2,1-2H3,(H,15,16). The van der Waals surface area contributed by atoms with Crippen molar-refractivity contribution in [2.24, 2.45) is 11.8 Å². The molecule has 1 aromatic heterocycles. The Morgan fingerprint density at radius 3 is 3.00 bits per heavy atom. The van der Waals surface area contributed by atoms with Crippen LogP contribution in [0.15, 0.2) is 18.3 Å². The molecule has 98 valence electrons. The van der Waals surface area contributed by atoms with Crippen LogP contribution < -0.4 is 11.3 Å². The van der Waals surface area contributed by atoms with Crippen molar-refractivity contribution in [2.45, 2.75) is 32.7 Å². The van der Waals surface area contributed by atoms with Crippen LogP contribution >= 0.6 is 0 Å². The van der Waals surface area contributed by atoms with Gasteiger partial charge in [0.1, 0.15) is 5.82 Å². The van der Waals surface area contributed by atoms with Crippen LogP contribution in [-0.4, -0.2) is 28.4 Å². The molecule has 5 nitrogen and oxygen atoms in total. The van der Waals surface area contributed by atoms with Gasteiger partial charge in [-0.15, -0.1) is 0 Å². The number of carbonyl (C=O) groups excluding carboxylic acids is 1. The number of amides is 1. The van der Waals surface area contributed by atoms with E-state index in [1.807, 2.05) is 4.90 Å². The molecule has 0 saturated carbocycles. The second-order valence-electron chi connectivity index (χ2n) is 5.05. The largest absolute Gasteiger partial charge is 0.336 e. The van der Waals surface area contributed by atoms with Crippen LogP contribution in [0.2, 0.25) is 0 Å². The highest BCUT2D eigenvalue weighted by Gasteiger charge is 2.27. The number of nitrogens with one attached hydrogen (secondary N) is 1. The molecule has 2 heterocycles. The van der Waals surface area contributed by atoms with Crippen LogP contribution in [0.25, 0.3) is 0 Å². The topological polar surface area (TPSA) is 71.2 Å². The quantitative estimate of drug-likeness (QED) is 0.616. The maximum atomic E-state index is 12.4. The molecule has 1 aliphatic rings. The van der Waals surface area contributed by atoms with Crippen molar-refractivity contribution < 1.29 is 4.79 Å². The predicted molar refractivity (Wildman–Crippen MR) is 70.9 cm³/mol. The summed E-state index contributed by atoms with van der Waals surface area (Å²) in [5.74, 6) is 6.58. The van der Waals surface area contributed by atoms with Crippen LogP contribution in [-0.2, 0) is 0 Å². The first-order chi connectivity index (χ1) is 8.61. The monoisotopic (exact) mass is 248 g/mol. The number of piperidine rings is 1. The van der Waals surface area contributed by atoms with Crippen molar-refractivity contribution in [3.8, 4) is 0 Å². The van der Waals surface area contributed by atoms with Crippen molar-refractivity contribution in [2.75, 3.05) is 12.0 Å². The zero-order chi connectivity index (χ0) is 13.1. The maximum absolute atomic E-state index is 12.4. The molecule has 0 spiro atoms. The number of anilines is 1. The lowest BCUT2D eigenvalue weighted by atomic mass is 9.93. The molecule has 2 atom stereocenters. The van der Waals surface area contributed by atoms with Crippen molar-refractivity contribution in [1.29, 1.82) is 0 Å². The molecular formula is C13H20N4O. The average Bonchev–Trinajstić information content (AvgIpc) is 2.38. The lowest BCUT2D eigenvalue weighted by Gasteiger charge is -2.36. The minimum absolute atomic E-state index is 0.0632. The third kappa shape index (κ3) is 2.61. The second-order valence-corrected chi connectivity index (χ2v) is 5.05. The van der Waals surface area contributed by atoms with Gasteiger partial charge in [-0.25, -0.2) is 10.8 Å². The Hall–Kier alpha value is -1.62. The molecule has 3 N–H and O–H groups in total. The Balaban J connectivity index is 2.15. The normalized spacial score (nSPS) is 23.8. The van der Waals surface area contributed by atoms with Crippen LogP contribution in [0.1, 0.15) is 37.0 Å². The van der Waals surface area contributed by atoms with E-state index in [0.717, 1.165) is 19.4 Å². The van der Waals surface area contributed by atoms with Crippen molar-refractivity contribution in [3.63, 3.8) is 0 Å². The first kappa shape index (κ1) is 12.8. The van der Waals surface area contributed by atoms with Gasteiger partial charge in [-0.1, -0.05) is 6.92 Å². The molecule has 1 fully saturated rings. The van der Waals surface area contributed by atoms with Gasteiger partial charge in [0.15, 0.2) is 0 Å². The zero-order valence-corrected chi connectivity index (χ0v) is 10.9. The van der Waals surface area contributed by atoms with Crippen molar-refractivity contribution in [3.05, 3.63) is 23.9 Å². The molecule has 0 aromatic carbocycles. The Bertz CT molecular complexity index is 435. The van der Waals surface area contributed by atoms with Gasteiger partial charge in [0, 0.05) is 24.3 Å². The number of aromatic nitrogens is 1. The number of pyridine rings is 1. The van der Waals surface area contributed by atoms with Gasteiger partial charge in [-0.2, -0.15) is 0 Å². The number of carbonyl (C=O) groups is 1. The molecule has 1 aromatic rings. The summed E-state index contributed by atoms with van der Waals surface area (Å²) < 4.78 is 0. The van der Waals surface area contributed by atoms with E-state index in [1.165, 1.54) is 0 Å². The second kappa shape index (κ2) is 5.35. The van der Waals surface area contributed by atoms with Gasteiger partial charge in [-0.3, -0.25) is 4.79 Å². The fourth-order valence-corrected chi connectivity index (χ4v) is 2.52. The van der Waals surface area contributed by atoms with Crippen LogP contribution in [0, 0.1) is 5.92 Å². The smallest absolute Gasteiger partial charge is 0.254 e. The third-order valence-corrected chi connectivity index (χ3v) is 3.55. The molecule has 0 radical (unpaired) electrons. The molecule has 5 heteroatoms. The van der Waals surface area contributed by atoms with Gasteiger partial charge in [-0.05, 0) is 37.8 Å². The number of nitrogens with two attached hydrogens (primary N) is 1. The Kier molecular flexibility index (Phi) is 3.81. The van der Waals surface area contributed by atoms with E-state index in [2.05, 4.69) is 24.3 Å². The number of hydrogen-bond donors (Lipinski definition) is 2. The SMILES string of the molecule is CC1CCN(C(=O)c2ccnc(NN)c2)C(C)C1. The molecule has 2 unspecified atom stereocenters. The number of hydrogen-bond acceptors (Lipinski definition) is 4. The van der Waals surface area contributed by atoms with Gasteiger partial charge in [0.2, 0.25) is 0 Å². The van der Waals surface area contributed by atoms with E-state index in [1.54, 1.807) is 18.3 Å². The summed E-state index contributed by atoms with van der Waals surface area (Å²) in [7, 11) is 0. The number of nitrogen functional groups attached to an aromatic ring is 1. The number of rotatable bonds is 2. The maximum Gasteiger partial charge on any atom is 0.254 e. The van der Waals surface area contributed by atoms with Gasteiger partial charge in [0.25, 0.3) is 5.91 Å². The summed E-state index contributed by atoms with van der Waals surface area (Å²) in [4.78, 5) is 18.4. The minimum Gasteiger partial charge on any atom is -0.336 e. The van der Waals surface area contributed by atoms with Crippen LogP contribution in [0.3, 0.4) is 0 Å². The van der Waals surface area contributed by atoms with E-state index in [-0.39, 0.29) is 5.91 Å². The molecule has 18 heavy (non-hydrogen) atoms. The molecule has 0 bridgehead atoms. The number of nitrogens with zero attached hydrogens (tertiary/aromatic N) is 2. The molecule has 1 saturated heterocycles. The fourth-order valence-electron chi connectivity index (χ4n) is 2.52. The van der Waals surface area contributed by atoms with Gasteiger partial charge in [0.05, 0.1) is 0 Å². The summed E-state index contributed by atoms with van der Waals surface area (Å²) in [6.45, 7) is 5.17. The molecule has 1 aliphatic heterocycles. The average molecular weight is 248 g/mol. The van der Waals surface area contributed by atoms with Crippen LogP contribution in [0.5, 0.6) is 0 Å². The van der Waals surface area contributed by atoms with Crippen molar-refractivity contribution >= 4 is 11.7 Å². The first-order valence-electron chi connectivity index (χ1n) is 6.35. The van der Waals surface area contributed by atoms with E-state index >= 15 is 0 Å². The fraction of sp³-hybridized carbons (Fsp3) is 0.538. The highest BCUT2D eigenvalue weighted by molar-refractivity contribution is 5.95. The molecule has 1 amide bonds. The van der Waals surface area contributed by atoms with Gasteiger partial charge >= 0.3 is 0 Å². The summed E-state index contributed by atoms with van der Waals surface area (Å²) in [6.07, 6.45) is 3.74. The summed E-state index contributed by atoms with van der Waals surface area (Å²) in [6, 6.07) is 3.71. The lowest BCUT2D eigenvalue weighted by Crippen LogP contribution is -2.44. The number of hydrazine groups is 1. The zero-order valence-electron chi connectivity index (χ0n) is 10.9. The number of likely N-dealkylation sites (tertiary alicyclic amines) is 1. The summed E-state index contributed by atoms with van der Waals surface area (Å²) in [5.41, 5.74) is 3.10. The van der Waals surface area contributed by atoms with E-state index in [0.29, 0.717) is 23.3 Å². The Morgan fingerprint density at radius 2 is 2.33 bits per heavy atom. The van der Waals surface area contributed by atoms with Crippen molar-refractivity contribution in [1.82, 2.24) is 9.88 Å². The summed E-state index contributed by atoms with van der Waals surface area (Å²) >= 11 is 0. The van der Waals surface area contributed by atoms with E-state index in [4.69, 9.17) is 5.84 Å². The molecular weight excluding hydrogens is 228 g/mol. The lowest BCUT2D eigenvalue weighted by molar-refractivity contribution is 0.0588. The Morgan fingerprint density at radius 1 is 1.56 bits per heavy atom. The van der Waals surface area contributed by atoms with E-state index < -0.39 is 0 Å². The van der Waals surface area contributed by atoms with Gasteiger partial charge < -0.3 is 10.3 Å². The molecule has 2 rings (SSSR count). The minimum atomic E-state index is 0.0632. The predicted octanol–water partition coefficient (Wildman–Crippen LogP) is 1.63. The highest BCUT2D eigenvalue weighted by atomic mass is 16.2. The summed E-state index contributed by atoms with van der Waals surface area (Å²) in [5, 5.41) is 0. The van der Waals surface area contributed by atoms with Crippen LogP contribution in [0.4, 0.5) is 5.82 Å². The van der Waals surface area contributed by atoms with E-state index in [9.17, 15) is 4.79 Å².